The van der Waals surface area contributed by atoms with E-state index in [9.17, 15) is 4.79 Å². The number of carbonyl (C=O) groups is 1. The van der Waals surface area contributed by atoms with Gasteiger partial charge in [-0.05, 0) is 50.9 Å². The second-order valence-electron chi connectivity index (χ2n) is 8.33. The van der Waals surface area contributed by atoms with Crippen LogP contribution < -0.4 is 11.1 Å². The van der Waals surface area contributed by atoms with Crippen LogP contribution in [0.15, 0.2) is 42.6 Å². The molecule has 1 saturated heterocycles. The van der Waals surface area contributed by atoms with Crippen LogP contribution in [0.25, 0.3) is 16.9 Å². The molecule has 3 aromatic rings. The van der Waals surface area contributed by atoms with E-state index in [1.165, 1.54) is 19.4 Å². The summed E-state index contributed by atoms with van der Waals surface area (Å²) >= 11 is 6.34. The first kappa shape index (κ1) is 21.7. The van der Waals surface area contributed by atoms with Gasteiger partial charge in [-0.3, -0.25) is 9.20 Å². The lowest BCUT2D eigenvalue weighted by atomic mass is 9.96. The first-order valence-electron chi connectivity index (χ1n) is 11.1. The Balaban J connectivity index is 1.48. The molecule has 0 bridgehead atoms. The molecule has 4 rings (SSSR count). The Kier molecular flexibility index (Phi) is 6.78. The smallest absolute Gasteiger partial charge is 0.255 e. The Morgan fingerprint density at radius 2 is 2.00 bits per heavy atom. The van der Waals surface area contributed by atoms with Crippen molar-refractivity contribution in [1.29, 1.82) is 0 Å². The number of halogens is 1. The number of nitrogens with zero attached hydrogens (tertiary/aromatic N) is 3. The fraction of sp³-hybridized carbons (Fsp3) is 0.417. The molecule has 31 heavy (non-hydrogen) atoms. The van der Waals surface area contributed by atoms with Crippen LogP contribution >= 0.6 is 11.6 Å². The van der Waals surface area contributed by atoms with E-state index in [-0.39, 0.29) is 5.91 Å². The lowest BCUT2D eigenvalue weighted by molar-refractivity contribution is 0.0937. The van der Waals surface area contributed by atoms with Crippen LogP contribution in [0.5, 0.6) is 0 Å². The van der Waals surface area contributed by atoms with Crippen molar-refractivity contribution >= 4 is 29.0 Å². The highest BCUT2D eigenvalue weighted by atomic mass is 35.5. The third-order valence-corrected chi connectivity index (χ3v) is 6.43. The number of anilines is 1. The number of likely N-dealkylation sites (tertiary alicyclic amines) is 1. The van der Waals surface area contributed by atoms with Gasteiger partial charge in [0.15, 0.2) is 5.65 Å². The summed E-state index contributed by atoms with van der Waals surface area (Å²) in [6, 6.07) is 11.4. The summed E-state index contributed by atoms with van der Waals surface area (Å²) in [6.45, 7) is 6.30. The fourth-order valence-corrected chi connectivity index (χ4v) is 4.38. The number of hydrogen-bond acceptors (Lipinski definition) is 4. The molecule has 1 aliphatic rings. The van der Waals surface area contributed by atoms with E-state index < -0.39 is 0 Å². The molecule has 0 unspecified atom stereocenters. The molecular formula is C24H30ClN5O. The van der Waals surface area contributed by atoms with Crippen LogP contribution in [0.2, 0.25) is 5.02 Å². The van der Waals surface area contributed by atoms with E-state index in [0.717, 1.165) is 37.2 Å². The van der Waals surface area contributed by atoms with Gasteiger partial charge in [-0.25, -0.2) is 4.98 Å². The highest BCUT2D eigenvalue weighted by Crippen LogP contribution is 2.28. The van der Waals surface area contributed by atoms with Gasteiger partial charge in [-0.2, -0.15) is 0 Å². The van der Waals surface area contributed by atoms with Crippen molar-refractivity contribution in [3.8, 4) is 11.3 Å². The normalized spacial score (nSPS) is 15.4. The molecule has 0 radical (unpaired) electrons. The number of nitrogens with two attached hydrogens (primary N) is 1. The Morgan fingerprint density at radius 1 is 1.26 bits per heavy atom. The van der Waals surface area contributed by atoms with E-state index in [1.54, 1.807) is 10.5 Å². The van der Waals surface area contributed by atoms with Crippen molar-refractivity contribution in [3.63, 3.8) is 0 Å². The minimum Gasteiger partial charge on any atom is -0.384 e. The number of imidazole rings is 1. The standard InChI is InChI=1S/C24H30ClN5O/c1-2-3-11-29-12-9-17(10-13-29)15-27-24(31)19-14-20(25)22(26)30-16-21(28-23(19)30)18-7-5-4-6-8-18/h4-8,14,16-17H,2-3,9-13,15,26H2,1H3,(H,27,31). The predicted molar refractivity (Wildman–Crippen MR) is 126 cm³/mol. The second kappa shape index (κ2) is 9.71. The van der Waals surface area contributed by atoms with Crippen molar-refractivity contribution in [2.45, 2.75) is 32.6 Å². The second-order valence-corrected chi connectivity index (χ2v) is 8.73. The molecule has 6 nitrogen and oxygen atoms in total. The monoisotopic (exact) mass is 439 g/mol. The van der Waals surface area contributed by atoms with Crippen LogP contribution in [0.3, 0.4) is 0 Å². The van der Waals surface area contributed by atoms with Crippen LogP contribution in [0, 0.1) is 5.92 Å². The van der Waals surface area contributed by atoms with E-state index >= 15 is 0 Å². The van der Waals surface area contributed by atoms with E-state index in [4.69, 9.17) is 22.3 Å². The van der Waals surface area contributed by atoms with Crippen LogP contribution in [-0.2, 0) is 0 Å². The lowest BCUT2D eigenvalue weighted by Gasteiger charge is -2.31. The number of carbonyl (C=O) groups excluding carboxylic acids is 1. The number of nitrogen functional groups attached to an aromatic ring is 1. The molecule has 0 aliphatic carbocycles. The summed E-state index contributed by atoms with van der Waals surface area (Å²) < 4.78 is 1.70. The number of piperidine rings is 1. The number of hydrogen-bond donors (Lipinski definition) is 2. The van der Waals surface area contributed by atoms with E-state index in [0.29, 0.717) is 34.5 Å². The quantitative estimate of drug-likeness (QED) is 0.569. The van der Waals surface area contributed by atoms with Gasteiger partial charge in [0, 0.05) is 18.3 Å². The van der Waals surface area contributed by atoms with Crippen molar-refractivity contribution in [2.75, 3.05) is 31.9 Å². The first-order valence-corrected chi connectivity index (χ1v) is 11.5. The Morgan fingerprint density at radius 3 is 2.71 bits per heavy atom. The SMILES string of the molecule is CCCCN1CCC(CNC(=O)c2cc(Cl)c(N)n3cc(-c4ccccc4)nc23)CC1. The van der Waals surface area contributed by atoms with Crippen molar-refractivity contribution in [3.05, 3.63) is 53.2 Å². The number of pyridine rings is 1. The van der Waals surface area contributed by atoms with Gasteiger partial charge in [0.1, 0.15) is 5.82 Å². The molecule has 1 aliphatic heterocycles. The number of aromatic nitrogens is 2. The fourth-order valence-electron chi connectivity index (χ4n) is 4.18. The molecule has 1 amide bonds. The molecular weight excluding hydrogens is 410 g/mol. The summed E-state index contributed by atoms with van der Waals surface area (Å²) in [5.74, 6) is 0.717. The number of fused-ring (bicyclic) bond motifs is 1. The molecule has 3 heterocycles. The zero-order chi connectivity index (χ0) is 21.8. The maximum Gasteiger partial charge on any atom is 0.255 e. The minimum atomic E-state index is -0.162. The van der Waals surface area contributed by atoms with Gasteiger partial charge in [-0.15, -0.1) is 0 Å². The van der Waals surface area contributed by atoms with E-state index in [1.807, 2.05) is 36.5 Å². The van der Waals surface area contributed by atoms with Gasteiger partial charge in [0.2, 0.25) is 0 Å². The highest BCUT2D eigenvalue weighted by Gasteiger charge is 2.22. The summed E-state index contributed by atoms with van der Waals surface area (Å²) in [5, 5.41) is 3.45. The number of nitrogens with one attached hydrogen (secondary N) is 1. The summed E-state index contributed by atoms with van der Waals surface area (Å²) in [5.41, 5.74) is 8.85. The van der Waals surface area contributed by atoms with Gasteiger partial charge in [0.25, 0.3) is 5.91 Å². The molecule has 0 saturated carbocycles. The molecule has 0 spiro atoms. The predicted octanol–water partition coefficient (Wildman–Crippen LogP) is 4.48. The first-order chi connectivity index (χ1) is 15.1. The van der Waals surface area contributed by atoms with Gasteiger partial charge < -0.3 is 16.0 Å². The molecule has 1 fully saturated rings. The number of unbranched alkanes of at least 4 members (excludes halogenated alkanes) is 1. The zero-order valence-electron chi connectivity index (χ0n) is 18.0. The summed E-state index contributed by atoms with van der Waals surface area (Å²) in [4.78, 5) is 20.3. The zero-order valence-corrected chi connectivity index (χ0v) is 18.7. The van der Waals surface area contributed by atoms with Crippen molar-refractivity contribution in [2.24, 2.45) is 5.92 Å². The minimum absolute atomic E-state index is 0.162. The van der Waals surface area contributed by atoms with Crippen LogP contribution in [0.1, 0.15) is 43.0 Å². The van der Waals surface area contributed by atoms with Crippen molar-refractivity contribution < 1.29 is 4.79 Å². The van der Waals surface area contributed by atoms with Gasteiger partial charge in [0.05, 0.1) is 16.3 Å². The molecule has 7 heteroatoms. The molecule has 1 aromatic carbocycles. The summed E-state index contributed by atoms with van der Waals surface area (Å²) in [6.07, 6.45) is 6.54. The van der Waals surface area contributed by atoms with Crippen molar-refractivity contribution in [1.82, 2.24) is 19.6 Å². The molecule has 2 aromatic heterocycles. The third-order valence-electron chi connectivity index (χ3n) is 6.12. The molecule has 0 atom stereocenters. The average Bonchev–Trinajstić information content (AvgIpc) is 3.25. The third kappa shape index (κ3) is 4.86. The lowest BCUT2D eigenvalue weighted by Crippen LogP contribution is -2.39. The topological polar surface area (TPSA) is 75.7 Å². The highest BCUT2D eigenvalue weighted by molar-refractivity contribution is 6.33. The molecule has 164 valence electrons. The van der Waals surface area contributed by atoms with Gasteiger partial charge in [-0.1, -0.05) is 55.3 Å². The largest absolute Gasteiger partial charge is 0.384 e. The van der Waals surface area contributed by atoms with Crippen LogP contribution in [0.4, 0.5) is 5.82 Å². The van der Waals surface area contributed by atoms with Gasteiger partial charge >= 0.3 is 0 Å². The number of rotatable bonds is 7. The Bertz CT molecular complexity index is 1040. The summed E-state index contributed by atoms with van der Waals surface area (Å²) in [7, 11) is 0. The van der Waals surface area contributed by atoms with E-state index in [2.05, 4.69) is 17.1 Å². The average molecular weight is 440 g/mol. The number of amides is 1. The number of benzene rings is 1. The Hall–Kier alpha value is -2.57. The maximum absolute atomic E-state index is 13.0. The molecule has 3 N–H and O–H groups in total. The maximum atomic E-state index is 13.0. The van der Waals surface area contributed by atoms with Crippen LogP contribution in [-0.4, -0.2) is 46.4 Å². The Labute approximate surface area is 188 Å².